The molecule has 0 aliphatic heterocycles. The molecule has 0 aliphatic carbocycles. The molecule has 0 unspecified atom stereocenters. The summed E-state index contributed by atoms with van der Waals surface area (Å²) in [5.74, 6) is -0.0859. The fourth-order valence-corrected chi connectivity index (χ4v) is 4.19. The predicted molar refractivity (Wildman–Crippen MR) is 115 cm³/mol. The highest BCUT2D eigenvalue weighted by molar-refractivity contribution is 7.92. The average molecular weight is 438 g/mol. The van der Waals surface area contributed by atoms with Gasteiger partial charge < -0.3 is 5.11 Å². The number of hydrogen-bond acceptors (Lipinski definition) is 9. The number of anilines is 1. The van der Waals surface area contributed by atoms with Crippen LogP contribution in [0.4, 0.5) is 16.4 Å². The van der Waals surface area contributed by atoms with E-state index < -0.39 is 10.0 Å². The summed E-state index contributed by atoms with van der Waals surface area (Å²) >= 11 is 1.11. The molecule has 9 nitrogen and oxygen atoms in total. The Morgan fingerprint density at radius 3 is 2.73 bits per heavy atom. The molecule has 0 saturated carbocycles. The van der Waals surface area contributed by atoms with Gasteiger partial charge in [0, 0.05) is 10.8 Å². The van der Waals surface area contributed by atoms with Crippen molar-refractivity contribution in [3.05, 3.63) is 47.7 Å². The van der Waals surface area contributed by atoms with E-state index in [1.807, 2.05) is 0 Å². The molecule has 0 amide bonds. The third-order valence-corrected chi connectivity index (χ3v) is 5.63. The number of pyridine rings is 1. The Morgan fingerprint density at radius 1 is 1.20 bits per heavy atom. The summed E-state index contributed by atoms with van der Waals surface area (Å²) < 4.78 is 30.0. The van der Waals surface area contributed by atoms with Crippen LogP contribution in [0, 0.1) is 18.3 Å². The maximum absolute atomic E-state index is 11.7. The van der Waals surface area contributed by atoms with Crippen LogP contribution in [0.2, 0.25) is 0 Å². The van der Waals surface area contributed by atoms with Gasteiger partial charge in [0.2, 0.25) is 10.0 Å². The fourth-order valence-electron chi connectivity index (χ4n) is 2.98. The summed E-state index contributed by atoms with van der Waals surface area (Å²) in [5, 5.41) is 30.0. The molecule has 2 aromatic carbocycles. The Bertz CT molecular complexity index is 1490. The first-order chi connectivity index (χ1) is 14.3. The lowest BCUT2D eigenvalue weighted by Crippen LogP contribution is -2.09. The molecule has 2 aromatic heterocycles. The van der Waals surface area contributed by atoms with Gasteiger partial charge in [0.15, 0.2) is 10.6 Å². The van der Waals surface area contributed by atoms with E-state index in [2.05, 4.69) is 30.4 Å². The lowest BCUT2D eigenvalue weighted by Gasteiger charge is -2.10. The maximum Gasteiger partial charge on any atom is 0.229 e. The van der Waals surface area contributed by atoms with Gasteiger partial charge in [0.1, 0.15) is 11.8 Å². The van der Waals surface area contributed by atoms with E-state index >= 15 is 0 Å². The van der Waals surface area contributed by atoms with Crippen LogP contribution in [-0.2, 0) is 10.0 Å². The Hall–Kier alpha value is -3.62. The second kappa shape index (κ2) is 7.33. The highest BCUT2D eigenvalue weighted by atomic mass is 32.2. The molecule has 150 valence electrons. The number of aromatic nitrogens is 2. The highest BCUT2D eigenvalue weighted by Crippen LogP contribution is 2.39. The molecule has 0 fully saturated rings. The lowest BCUT2D eigenvalue weighted by atomic mass is 10.1. The zero-order chi connectivity index (χ0) is 21.5. The smallest absolute Gasteiger partial charge is 0.229 e. The van der Waals surface area contributed by atoms with Gasteiger partial charge in [-0.05, 0) is 42.7 Å². The Morgan fingerprint density at radius 2 is 2.00 bits per heavy atom. The molecule has 4 rings (SSSR count). The Balaban J connectivity index is 1.83. The van der Waals surface area contributed by atoms with Gasteiger partial charge >= 0.3 is 0 Å². The molecule has 2 heterocycles. The molecule has 0 radical (unpaired) electrons. The topological polar surface area (TPSA) is 141 Å². The van der Waals surface area contributed by atoms with Crippen molar-refractivity contribution in [2.24, 2.45) is 10.2 Å². The molecule has 0 spiro atoms. The van der Waals surface area contributed by atoms with Gasteiger partial charge in [-0.25, -0.2) is 13.4 Å². The number of aromatic hydroxyl groups is 1. The number of phenols is 1. The van der Waals surface area contributed by atoms with Crippen LogP contribution in [0.1, 0.15) is 11.3 Å². The van der Waals surface area contributed by atoms with E-state index in [1.54, 1.807) is 37.3 Å². The summed E-state index contributed by atoms with van der Waals surface area (Å²) in [5.41, 5.74) is 2.19. The van der Waals surface area contributed by atoms with Gasteiger partial charge in [-0.1, -0.05) is 12.1 Å². The van der Waals surface area contributed by atoms with Crippen molar-refractivity contribution in [3.63, 3.8) is 0 Å². The number of azo groups is 1. The number of aryl methyl sites for hydroxylation is 1. The molecule has 0 bridgehead atoms. The molecular formula is C19H14N6O3S2. The second-order valence-electron chi connectivity index (χ2n) is 6.50. The Kier molecular flexibility index (Phi) is 4.81. The first-order valence-corrected chi connectivity index (χ1v) is 11.2. The average Bonchev–Trinajstić information content (AvgIpc) is 3.07. The van der Waals surface area contributed by atoms with Crippen LogP contribution in [-0.4, -0.2) is 29.1 Å². The molecule has 11 heteroatoms. The molecule has 4 aromatic rings. The van der Waals surface area contributed by atoms with Gasteiger partial charge in [-0.3, -0.25) is 4.72 Å². The van der Waals surface area contributed by atoms with Gasteiger partial charge in [-0.2, -0.15) is 9.64 Å². The van der Waals surface area contributed by atoms with E-state index in [0.29, 0.717) is 43.8 Å². The first kappa shape index (κ1) is 19.7. The Labute approximate surface area is 175 Å². The summed E-state index contributed by atoms with van der Waals surface area (Å²) in [6.07, 6.45) is 1.03. The van der Waals surface area contributed by atoms with E-state index in [9.17, 15) is 18.8 Å². The zero-order valence-electron chi connectivity index (χ0n) is 15.8. The summed E-state index contributed by atoms with van der Waals surface area (Å²) in [6, 6.07) is 11.7. The number of nitrogens with zero attached hydrogens (tertiary/aromatic N) is 5. The van der Waals surface area contributed by atoms with Gasteiger partial charge in [0.25, 0.3) is 0 Å². The van der Waals surface area contributed by atoms with Crippen LogP contribution in [0.5, 0.6) is 5.75 Å². The third-order valence-electron chi connectivity index (χ3n) is 4.30. The van der Waals surface area contributed by atoms with Crippen molar-refractivity contribution in [2.75, 3.05) is 11.0 Å². The number of benzene rings is 2. The first-order valence-electron chi connectivity index (χ1n) is 8.58. The number of phenolic OH excluding ortho intramolecular Hbond substituents is 1. The van der Waals surface area contributed by atoms with Crippen LogP contribution in [0.15, 0.2) is 46.6 Å². The maximum atomic E-state index is 11.7. The van der Waals surface area contributed by atoms with Crippen molar-refractivity contribution in [1.82, 2.24) is 9.36 Å². The van der Waals surface area contributed by atoms with Crippen LogP contribution in [0.3, 0.4) is 0 Å². The fraction of sp³-hybridized carbons (Fsp3) is 0.105. The number of sulfonamides is 1. The minimum absolute atomic E-state index is 0.0859. The van der Waals surface area contributed by atoms with Crippen molar-refractivity contribution >= 4 is 59.7 Å². The van der Waals surface area contributed by atoms with Crippen molar-refractivity contribution in [2.45, 2.75) is 6.92 Å². The van der Waals surface area contributed by atoms with Gasteiger partial charge in [-0.15, -0.1) is 10.2 Å². The van der Waals surface area contributed by atoms with E-state index in [1.165, 1.54) is 6.07 Å². The van der Waals surface area contributed by atoms with Gasteiger partial charge in [0.05, 0.1) is 34.3 Å². The molecule has 0 aliphatic rings. The lowest BCUT2D eigenvalue weighted by molar-refractivity contribution is 0.482. The zero-order valence-corrected chi connectivity index (χ0v) is 17.4. The molecule has 2 N–H and O–H groups in total. The summed E-state index contributed by atoms with van der Waals surface area (Å²) in [7, 11) is -3.54. The molecule has 0 atom stereocenters. The number of rotatable bonds is 4. The van der Waals surface area contributed by atoms with Crippen molar-refractivity contribution in [3.8, 4) is 11.8 Å². The molecule has 30 heavy (non-hydrogen) atoms. The van der Waals surface area contributed by atoms with E-state index in [-0.39, 0.29) is 11.4 Å². The largest absolute Gasteiger partial charge is 0.507 e. The molecular weight excluding hydrogens is 424 g/mol. The van der Waals surface area contributed by atoms with Crippen LogP contribution >= 0.6 is 11.5 Å². The normalized spacial score (nSPS) is 11.9. The standard InChI is InChI=1S/C19H14N6O3S2/c1-10-11(9-20)8-13-18(21-10)24-29-19(13)23-22-14-6-7-16(26)17-12(14)4-3-5-15(17)25-30(2,27)28/h3-8,25-26H,1-2H3. The monoisotopic (exact) mass is 438 g/mol. The summed E-state index contributed by atoms with van der Waals surface area (Å²) in [4.78, 5) is 4.31. The minimum Gasteiger partial charge on any atom is -0.507 e. The number of nitrogens with one attached hydrogen (secondary N) is 1. The predicted octanol–water partition coefficient (Wildman–Crippen LogP) is 4.52. The molecule has 0 saturated heterocycles. The number of fused-ring (bicyclic) bond motifs is 2. The number of nitriles is 1. The SMILES string of the molecule is Cc1nc2nsc(N=Nc3ccc(O)c4c(NS(C)(=O)=O)cccc34)c2cc1C#N. The second-order valence-corrected chi connectivity index (χ2v) is 9.00. The third kappa shape index (κ3) is 3.66. The highest BCUT2D eigenvalue weighted by Gasteiger charge is 2.14. The van der Waals surface area contributed by atoms with Crippen LogP contribution in [0.25, 0.3) is 21.8 Å². The van der Waals surface area contributed by atoms with Crippen molar-refractivity contribution in [1.29, 1.82) is 5.26 Å². The van der Waals surface area contributed by atoms with Crippen LogP contribution < -0.4 is 4.72 Å². The van der Waals surface area contributed by atoms with E-state index in [4.69, 9.17) is 0 Å². The number of hydrogen-bond donors (Lipinski definition) is 2. The van der Waals surface area contributed by atoms with E-state index in [0.717, 1.165) is 17.8 Å². The quantitative estimate of drug-likeness (QED) is 0.449. The van der Waals surface area contributed by atoms with Crippen molar-refractivity contribution < 1.29 is 13.5 Å². The minimum atomic E-state index is -3.54. The summed E-state index contributed by atoms with van der Waals surface area (Å²) in [6.45, 7) is 1.74.